The summed E-state index contributed by atoms with van der Waals surface area (Å²) in [4.78, 5) is 19.0. The van der Waals surface area contributed by atoms with Gasteiger partial charge in [0, 0.05) is 37.8 Å². The zero-order valence-corrected chi connectivity index (χ0v) is 15.2. The monoisotopic (exact) mass is 359 g/mol. The highest BCUT2D eigenvalue weighted by Gasteiger charge is 2.24. The van der Waals surface area contributed by atoms with Gasteiger partial charge in [-0.25, -0.2) is 4.98 Å². The Labute approximate surface area is 148 Å². The van der Waals surface area contributed by atoms with Crippen molar-refractivity contribution in [3.63, 3.8) is 0 Å². The Morgan fingerprint density at radius 3 is 2.83 bits per heavy atom. The third-order valence-electron chi connectivity index (χ3n) is 4.23. The van der Waals surface area contributed by atoms with Crippen molar-refractivity contribution < 1.29 is 4.79 Å². The number of rotatable bonds is 2. The molecule has 1 fully saturated rings. The number of aryl methyl sites for hydroxylation is 2. The summed E-state index contributed by atoms with van der Waals surface area (Å²) in [6.07, 6.45) is 3.83. The second-order valence-electron chi connectivity index (χ2n) is 5.68. The summed E-state index contributed by atoms with van der Waals surface area (Å²) in [6.45, 7) is 3.52. The first-order valence-corrected chi connectivity index (χ1v) is 7.36. The van der Waals surface area contributed by atoms with Crippen LogP contribution < -0.4 is 5.32 Å². The number of amides is 1. The van der Waals surface area contributed by atoms with Crippen LogP contribution in [0.25, 0.3) is 11.0 Å². The summed E-state index contributed by atoms with van der Waals surface area (Å²) in [7, 11) is 3.82. The van der Waals surface area contributed by atoms with Crippen LogP contribution in [0.4, 0.5) is 0 Å². The molecule has 3 rings (SSSR count). The molecular weight excluding hydrogens is 337 g/mol. The molecule has 6 nitrogen and oxygen atoms in total. The fourth-order valence-electron chi connectivity index (χ4n) is 3.00. The molecule has 2 aromatic heterocycles. The minimum Gasteiger partial charge on any atom is -0.337 e. The Morgan fingerprint density at radius 2 is 2.13 bits per heavy atom. The van der Waals surface area contributed by atoms with E-state index < -0.39 is 0 Å². The summed E-state index contributed by atoms with van der Waals surface area (Å²) in [5.74, 6) is 0.0626. The van der Waals surface area contributed by atoms with Crippen LogP contribution in [0.15, 0.2) is 12.3 Å². The van der Waals surface area contributed by atoms with Gasteiger partial charge in [0.15, 0.2) is 5.65 Å². The Morgan fingerprint density at radius 1 is 1.39 bits per heavy atom. The summed E-state index contributed by atoms with van der Waals surface area (Å²) < 4.78 is 1.75. The van der Waals surface area contributed by atoms with Gasteiger partial charge in [0.2, 0.25) is 0 Å². The van der Waals surface area contributed by atoms with Gasteiger partial charge in [-0.15, -0.1) is 24.8 Å². The predicted molar refractivity (Wildman–Crippen MR) is 95.7 cm³/mol. The summed E-state index contributed by atoms with van der Waals surface area (Å²) in [6, 6.07) is 2.30. The Hall–Kier alpha value is -1.37. The van der Waals surface area contributed by atoms with Gasteiger partial charge in [-0.3, -0.25) is 9.48 Å². The van der Waals surface area contributed by atoms with E-state index in [0.29, 0.717) is 11.6 Å². The van der Waals surface area contributed by atoms with Crippen molar-refractivity contribution >= 4 is 41.8 Å². The van der Waals surface area contributed by atoms with Crippen molar-refractivity contribution in [2.24, 2.45) is 7.05 Å². The predicted octanol–water partition coefficient (Wildman–Crippen LogP) is 1.94. The normalized spacial score (nSPS) is 17.5. The number of likely N-dealkylation sites (tertiary alicyclic amines) is 1. The van der Waals surface area contributed by atoms with Gasteiger partial charge >= 0.3 is 0 Å². The maximum atomic E-state index is 12.7. The molecule has 0 aromatic carbocycles. The van der Waals surface area contributed by atoms with Crippen LogP contribution in [0, 0.1) is 6.92 Å². The molecule has 23 heavy (non-hydrogen) atoms. The molecule has 0 spiro atoms. The molecule has 0 radical (unpaired) electrons. The molecule has 1 amide bonds. The lowest BCUT2D eigenvalue weighted by molar-refractivity contribution is 0.0698. The molecule has 1 aliphatic heterocycles. The largest absolute Gasteiger partial charge is 0.337 e. The van der Waals surface area contributed by atoms with Crippen LogP contribution in [0.3, 0.4) is 0 Å². The fourth-order valence-corrected chi connectivity index (χ4v) is 3.00. The van der Waals surface area contributed by atoms with Crippen molar-refractivity contribution in [3.8, 4) is 0 Å². The van der Waals surface area contributed by atoms with Crippen molar-refractivity contribution in [3.05, 3.63) is 23.5 Å². The molecule has 2 aromatic rings. The molecule has 1 unspecified atom stereocenters. The Bertz CT molecular complexity index is 688. The summed E-state index contributed by atoms with van der Waals surface area (Å²) >= 11 is 0. The molecule has 1 atom stereocenters. The molecule has 3 heterocycles. The molecule has 1 saturated heterocycles. The first-order valence-electron chi connectivity index (χ1n) is 7.36. The van der Waals surface area contributed by atoms with Gasteiger partial charge in [0.05, 0.1) is 11.3 Å². The van der Waals surface area contributed by atoms with Gasteiger partial charge in [-0.2, -0.15) is 5.10 Å². The van der Waals surface area contributed by atoms with Gasteiger partial charge in [0.25, 0.3) is 5.91 Å². The fraction of sp³-hybridized carbons (Fsp3) is 0.533. The number of piperidine rings is 1. The molecule has 0 bridgehead atoms. The molecule has 128 valence electrons. The maximum Gasteiger partial charge on any atom is 0.255 e. The van der Waals surface area contributed by atoms with Crippen molar-refractivity contribution in [1.29, 1.82) is 0 Å². The molecule has 0 aliphatic carbocycles. The number of nitrogens with one attached hydrogen (secondary N) is 1. The number of fused-ring (bicyclic) bond motifs is 1. The van der Waals surface area contributed by atoms with Crippen molar-refractivity contribution in [1.82, 2.24) is 25.0 Å². The second kappa shape index (κ2) is 7.95. The van der Waals surface area contributed by atoms with E-state index in [4.69, 9.17) is 0 Å². The lowest BCUT2D eigenvalue weighted by Crippen LogP contribution is -2.46. The second-order valence-corrected chi connectivity index (χ2v) is 5.68. The van der Waals surface area contributed by atoms with Crippen LogP contribution in [-0.2, 0) is 7.05 Å². The quantitative estimate of drug-likeness (QED) is 0.889. The van der Waals surface area contributed by atoms with E-state index in [1.165, 1.54) is 0 Å². The standard InChI is InChI=1S/C15H21N5O.2ClH/c1-10-13-7-11(8-17-14(13)19(3)18-10)15(21)20-6-4-5-12(9-20)16-2;;/h7-8,12,16H,4-6,9H2,1-3H3;2*1H. The van der Waals surface area contributed by atoms with E-state index in [2.05, 4.69) is 15.4 Å². The third kappa shape index (κ3) is 3.76. The smallest absolute Gasteiger partial charge is 0.255 e. The SMILES string of the molecule is CNC1CCCN(C(=O)c2cnc3c(c2)c(C)nn3C)C1.Cl.Cl. The lowest BCUT2D eigenvalue weighted by atomic mass is 10.0. The number of likely N-dealkylation sites (N-methyl/N-ethyl adjacent to an activating group) is 1. The van der Waals surface area contributed by atoms with Crippen LogP contribution in [0.1, 0.15) is 28.9 Å². The number of carbonyl (C=O) groups excluding carboxylic acids is 1. The van der Waals surface area contributed by atoms with Gasteiger partial charge < -0.3 is 10.2 Å². The maximum absolute atomic E-state index is 12.7. The van der Waals surface area contributed by atoms with E-state index >= 15 is 0 Å². The van der Waals surface area contributed by atoms with Gasteiger partial charge in [-0.1, -0.05) is 0 Å². The van der Waals surface area contributed by atoms with Crippen LogP contribution in [-0.4, -0.2) is 51.8 Å². The molecular formula is C15H23Cl2N5O. The van der Waals surface area contributed by atoms with Gasteiger partial charge in [0.1, 0.15) is 0 Å². The highest BCUT2D eigenvalue weighted by molar-refractivity contribution is 5.97. The molecule has 8 heteroatoms. The lowest BCUT2D eigenvalue weighted by Gasteiger charge is -2.32. The zero-order valence-electron chi connectivity index (χ0n) is 13.6. The number of halogens is 2. The molecule has 1 aliphatic rings. The molecule has 1 N–H and O–H groups in total. The average molecular weight is 360 g/mol. The summed E-state index contributed by atoms with van der Waals surface area (Å²) in [5, 5.41) is 8.56. The van der Waals surface area contributed by atoms with Gasteiger partial charge in [-0.05, 0) is 32.9 Å². The highest BCUT2D eigenvalue weighted by Crippen LogP contribution is 2.19. The van der Waals surface area contributed by atoms with E-state index in [1.54, 1.807) is 10.9 Å². The number of hydrogen-bond donors (Lipinski definition) is 1. The Kier molecular flexibility index (Phi) is 6.80. The third-order valence-corrected chi connectivity index (χ3v) is 4.23. The number of nitrogens with zero attached hydrogens (tertiary/aromatic N) is 4. The van der Waals surface area contributed by atoms with E-state index in [-0.39, 0.29) is 30.7 Å². The first-order chi connectivity index (χ1) is 10.1. The highest BCUT2D eigenvalue weighted by atomic mass is 35.5. The average Bonchev–Trinajstić information content (AvgIpc) is 2.81. The Balaban J connectivity index is 0.00000132. The topological polar surface area (TPSA) is 63.1 Å². The van der Waals surface area contributed by atoms with E-state index in [0.717, 1.165) is 42.7 Å². The number of pyridine rings is 1. The van der Waals surface area contributed by atoms with E-state index in [9.17, 15) is 4.79 Å². The minimum atomic E-state index is 0. The van der Waals surface area contributed by atoms with Crippen LogP contribution in [0.5, 0.6) is 0 Å². The summed E-state index contributed by atoms with van der Waals surface area (Å²) in [5.41, 5.74) is 2.37. The number of aromatic nitrogens is 3. The van der Waals surface area contributed by atoms with Crippen molar-refractivity contribution in [2.45, 2.75) is 25.8 Å². The van der Waals surface area contributed by atoms with Crippen LogP contribution >= 0.6 is 24.8 Å². The van der Waals surface area contributed by atoms with E-state index in [1.807, 2.05) is 32.0 Å². The van der Waals surface area contributed by atoms with Crippen molar-refractivity contribution in [2.75, 3.05) is 20.1 Å². The van der Waals surface area contributed by atoms with Crippen LogP contribution in [0.2, 0.25) is 0 Å². The number of hydrogen-bond acceptors (Lipinski definition) is 4. The molecule has 0 saturated carbocycles. The number of carbonyl (C=O) groups is 1. The zero-order chi connectivity index (χ0) is 15.0. The first kappa shape index (κ1) is 19.7. The minimum absolute atomic E-state index is 0.